The van der Waals surface area contributed by atoms with Gasteiger partial charge in [0, 0.05) is 6.04 Å². The van der Waals surface area contributed by atoms with Crippen LogP contribution in [0, 0.1) is 11.3 Å². The lowest BCUT2D eigenvalue weighted by atomic mass is 10.1. The topological polar surface area (TPSA) is 64.9 Å². The predicted molar refractivity (Wildman–Crippen MR) is 79.3 cm³/mol. The van der Waals surface area contributed by atoms with Crippen LogP contribution in [0.5, 0.6) is 0 Å². The molecule has 0 radical (unpaired) electrons. The Morgan fingerprint density at radius 3 is 2.60 bits per heavy atom. The maximum Gasteiger partial charge on any atom is 0.238 e. The fourth-order valence-electron chi connectivity index (χ4n) is 2.60. The number of benzene rings is 1. The first-order valence-electron chi connectivity index (χ1n) is 7.32. The van der Waals surface area contributed by atoms with Crippen LogP contribution in [0.3, 0.4) is 0 Å². The number of nitriles is 1. The molecule has 4 nitrogen and oxygen atoms in total. The summed E-state index contributed by atoms with van der Waals surface area (Å²) in [6.07, 6.45) is 7.41. The molecule has 0 heterocycles. The molecule has 0 atom stereocenters. The zero-order valence-corrected chi connectivity index (χ0v) is 11.7. The van der Waals surface area contributed by atoms with E-state index < -0.39 is 0 Å². The molecule has 0 aliphatic heterocycles. The molecule has 20 heavy (non-hydrogen) atoms. The molecule has 0 unspecified atom stereocenters. The molecule has 0 spiro atoms. The van der Waals surface area contributed by atoms with Gasteiger partial charge < -0.3 is 10.6 Å². The molecule has 1 aromatic carbocycles. The molecule has 0 saturated heterocycles. The fourth-order valence-corrected chi connectivity index (χ4v) is 2.60. The highest BCUT2D eigenvalue weighted by atomic mass is 16.1. The summed E-state index contributed by atoms with van der Waals surface area (Å²) in [5.74, 6) is -0.0862. The average molecular weight is 271 g/mol. The van der Waals surface area contributed by atoms with Gasteiger partial charge in [0.1, 0.15) is 6.07 Å². The zero-order chi connectivity index (χ0) is 14.2. The van der Waals surface area contributed by atoms with Crippen LogP contribution < -0.4 is 10.6 Å². The Morgan fingerprint density at radius 2 is 1.90 bits per heavy atom. The number of nitrogens with one attached hydrogen (secondary N) is 2. The maximum absolute atomic E-state index is 11.9. The van der Waals surface area contributed by atoms with Crippen LogP contribution in [0.1, 0.15) is 44.1 Å². The third-order valence-corrected chi connectivity index (χ3v) is 3.73. The summed E-state index contributed by atoms with van der Waals surface area (Å²) in [5, 5.41) is 15.1. The van der Waals surface area contributed by atoms with Gasteiger partial charge in [0.05, 0.1) is 17.8 Å². The molecule has 1 aliphatic rings. The van der Waals surface area contributed by atoms with Crippen molar-refractivity contribution in [2.24, 2.45) is 0 Å². The highest BCUT2D eigenvalue weighted by Gasteiger charge is 2.13. The minimum atomic E-state index is -0.0862. The minimum absolute atomic E-state index is 0.0862. The number of hydrogen-bond donors (Lipinski definition) is 2. The number of para-hydroxylation sites is 1. The molecular weight excluding hydrogens is 250 g/mol. The number of carbonyl (C=O) groups excluding carboxylic acids is 1. The fraction of sp³-hybridized carbons (Fsp3) is 0.500. The lowest BCUT2D eigenvalue weighted by Gasteiger charge is -2.16. The number of rotatable bonds is 4. The van der Waals surface area contributed by atoms with E-state index in [4.69, 9.17) is 5.26 Å². The van der Waals surface area contributed by atoms with Crippen molar-refractivity contribution in [1.29, 1.82) is 5.26 Å². The predicted octanol–water partition coefficient (Wildman–Crippen LogP) is 2.81. The van der Waals surface area contributed by atoms with E-state index in [1.807, 2.05) is 6.07 Å². The molecule has 1 amide bonds. The number of amides is 1. The van der Waals surface area contributed by atoms with E-state index in [0.29, 0.717) is 23.8 Å². The van der Waals surface area contributed by atoms with E-state index in [9.17, 15) is 4.79 Å². The smallest absolute Gasteiger partial charge is 0.238 e. The number of anilines is 1. The highest BCUT2D eigenvalue weighted by Crippen LogP contribution is 2.17. The van der Waals surface area contributed by atoms with Crippen molar-refractivity contribution in [3.8, 4) is 6.07 Å². The second-order valence-corrected chi connectivity index (χ2v) is 5.27. The van der Waals surface area contributed by atoms with Crippen LogP contribution in [-0.2, 0) is 4.79 Å². The lowest BCUT2D eigenvalue weighted by Crippen LogP contribution is -2.35. The monoisotopic (exact) mass is 271 g/mol. The quantitative estimate of drug-likeness (QED) is 0.828. The third kappa shape index (κ3) is 4.36. The van der Waals surface area contributed by atoms with Gasteiger partial charge in [-0.25, -0.2) is 0 Å². The molecule has 1 fully saturated rings. The summed E-state index contributed by atoms with van der Waals surface area (Å²) in [7, 11) is 0. The summed E-state index contributed by atoms with van der Waals surface area (Å²) in [6.45, 7) is 0.310. The summed E-state index contributed by atoms with van der Waals surface area (Å²) in [5.41, 5.74) is 1.08. The van der Waals surface area contributed by atoms with Crippen molar-refractivity contribution >= 4 is 11.6 Å². The van der Waals surface area contributed by atoms with Crippen LogP contribution in [-0.4, -0.2) is 18.5 Å². The maximum atomic E-state index is 11.9. The van der Waals surface area contributed by atoms with Gasteiger partial charge in [-0.05, 0) is 25.0 Å². The van der Waals surface area contributed by atoms with Gasteiger partial charge in [0.15, 0.2) is 0 Å². The Labute approximate surface area is 120 Å². The number of carbonyl (C=O) groups is 1. The normalized spacial score (nSPS) is 16.1. The first-order valence-corrected chi connectivity index (χ1v) is 7.32. The van der Waals surface area contributed by atoms with E-state index in [1.165, 1.54) is 25.7 Å². The number of hydrogen-bond acceptors (Lipinski definition) is 3. The Balaban J connectivity index is 1.81. The van der Waals surface area contributed by atoms with E-state index in [-0.39, 0.29) is 5.91 Å². The molecule has 4 heteroatoms. The molecule has 0 aromatic heterocycles. The van der Waals surface area contributed by atoms with Gasteiger partial charge in [-0.2, -0.15) is 5.26 Å². The van der Waals surface area contributed by atoms with E-state index >= 15 is 0 Å². The van der Waals surface area contributed by atoms with Crippen molar-refractivity contribution in [3.63, 3.8) is 0 Å². The lowest BCUT2D eigenvalue weighted by molar-refractivity contribution is -0.115. The average Bonchev–Trinajstić information content (AvgIpc) is 2.74. The molecule has 2 rings (SSSR count). The van der Waals surface area contributed by atoms with Crippen LogP contribution in [0.4, 0.5) is 5.69 Å². The van der Waals surface area contributed by atoms with Gasteiger partial charge in [0.25, 0.3) is 0 Å². The standard InChI is InChI=1S/C16H21N3O/c17-11-13-7-5-6-10-15(13)19-16(20)12-18-14-8-3-1-2-4-9-14/h5-7,10,14,18H,1-4,8-9,12H2,(H,19,20). The van der Waals surface area contributed by atoms with Gasteiger partial charge in [0.2, 0.25) is 5.91 Å². The van der Waals surface area contributed by atoms with Gasteiger partial charge >= 0.3 is 0 Å². The van der Waals surface area contributed by atoms with E-state index in [2.05, 4.69) is 16.7 Å². The molecular formula is C16H21N3O. The SMILES string of the molecule is N#Cc1ccccc1NC(=O)CNC1CCCCCC1. The van der Waals surface area contributed by atoms with Gasteiger partial charge in [-0.15, -0.1) is 0 Å². The Hall–Kier alpha value is -1.86. The Kier molecular flexibility index (Phi) is 5.57. The number of nitrogens with zero attached hydrogens (tertiary/aromatic N) is 1. The molecule has 0 bridgehead atoms. The van der Waals surface area contributed by atoms with Crippen LogP contribution in [0.2, 0.25) is 0 Å². The van der Waals surface area contributed by atoms with E-state index in [0.717, 1.165) is 12.8 Å². The van der Waals surface area contributed by atoms with Crippen molar-refractivity contribution in [1.82, 2.24) is 5.32 Å². The largest absolute Gasteiger partial charge is 0.324 e. The second-order valence-electron chi connectivity index (χ2n) is 5.27. The summed E-state index contributed by atoms with van der Waals surface area (Å²) < 4.78 is 0. The zero-order valence-electron chi connectivity index (χ0n) is 11.7. The molecule has 1 aliphatic carbocycles. The third-order valence-electron chi connectivity index (χ3n) is 3.73. The van der Waals surface area contributed by atoms with Crippen LogP contribution in [0.25, 0.3) is 0 Å². The van der Waals surface area contributed by atoms with Crippen molar-refractivity contribution < 1.29 is 4.79 Å². The molecule has 2 N–H and O–H groups in total. The van der Waals surface area contributed by atoms with E-state index in [1.54, 1.807) is 18.2 Å². The van der Waals surface area contributed by atoms with Gasteiger partial charge in [-0.1, -0.05) is 37.8 Å². The summed E-state index contributed by atoms with van der Waals surface area (Å²) in [4.78, 5) is 11.9. The minimum Gasteiger partial charge on any atom is -0.324 e. The molecule has 106 valence electrons. The van der Waals surface area contributed by atoms with Crippen molar-refractivity contribution in [2.45, 2.75) is 44.6 Å². The van der Waals surface area contributed by atoms with Crippen molar-refractivity contribution in [3.05, 3.63) is 29.8 Å². The summed E-state index contributed by atoms with van der Waals surface area (Å²) >= 11 is 0. The Morgan fingerprint density at radius 1 is 1.20 bits per heavy atom. The van der Waals surface area contributed by atoms with Crippen LogP contribution >= 0.6 is 0 Å². The first-order chi connectivity index (χ1) is 9.79. The summed E-state index contributed by atoms with van der Waals surface area (Å²) in [6, 6.07) is 9.59. The van der Waals surface area contributed by atoms with Crippen molar-refractivity contribution in [2.75, 3.05) is 11.9 Å². The van der Waals surface area contributed by atoms with Gasteiger partial charge in [-0.3, -0.25) is 4.79 Å². The highest BCUT2D eigenvalue weighted by molar-refractivity contribution is 5.93. The second kappa shape index (κ2) is 7.66. The molecule has 1 aromatic rings. The Bertz CT molecular complexity index is 485. The van der Waals surface area contributed by atoms with Crippen LogP contribution in [0.15, 0.2) is 24.3 Å². The first kappa shape index (κ1) is 14.5. The molecule has 1 saturated carbocycles.